The second-order valence-corrected chi connectivity index (χ2v) is 6.39. The van der Waals surface area contributed by atoms with Crippen LogP contribution in [-0.2, 0) is 10.0 Å². The van der Waals surface area contributed by atoms with Crippen molar-refractivity contribution in [2.45, 2.75) is 5.03 Å². The fourth-order valence-corrected chi connectivity index (χ4v) is 3.33. The number of benzene rings is 1. The highest BCUT2D eigenvalue weighted by Gasteiger charge is 2.20. The van der Waals surface area contributed by atoms with E-state index in [0.29, 0.717) is 3.57 Å². The van der Waals surface area contributed by atoms with Crippen LogP contribution in [-0.4, -0.2) is 13.4 Å². The Labute approximate surface area is 123 Å². The molecule has 8 heteroatoms. The summed E-state index contributed by atoms with van der Waals surface area (Å²) >= 11 is 1.84. The lowest BCUT2D eigenvalue weighted by Gasteiger charge is -2.10. The van der Waals surface area contributed by atoms with Crippen LogP contribution in [0.1, 0.15) is 0 Å². The largest absolute Gasteiger partial charge is 0.396 e. The van der Waals surface area contributed by atoms with E-state index in [4.69, 9.17) is 5.73 Å². The predicted molar refractivity (Wildman–Crippen MR) is 78.6 cm³/mol. The molecule has 1 heterocycles. The quantitative estimate of drug-likeness (QED) is 0.784. The molecular weight excluding hydrogens is 384 g/mol. The van der Waals surface area contributed by atoms with Crippen molar-refractivity contribution in [3.63, 3.8) is 0 Å². The van der Waals surface area contributed by atoms with Gasteiger partial charge in [0.2, 0.25) is 0 Å². The van der Waals surface area contributed by atoms with E-state index in [2.05, 4.69) is 9.71 Å². The summed E-state index contributed by atoms with van der Waals surface area (Å²) in [6, 6.07) is 6.71. The van der Waals surface area contributed by atoms with Gasteiger partial charge in [-0.05, 0) is 52.9 Å². The van der Waals surface area contributed by atoms with E-state index in [-0.39, 0.29) is 16.4 Å². The Morgan fingerprint density at radius 1 is 1.32 bits per heavy atom. The molecular formula is C11H9FIN3O2S. The number of sulfonamides is 1. The number of hydrogen-bond acceptors (Lipinski definition) is 4. The van der Waals surface area contributed by atoms with Crippen molar-refractivity contribution < 1.29 is 12.8 Å². The van der Waals surface area contributed by atoms with Gasteiger partial charge in [0.05, 0.1) is 11.4 Å². The van der Waals surface area contributed by atoms with Crippen LogP contribution in [0.2, 0.25) is 0 Å². The molecule has 0 unspecified atom stereocenters. The third kappa shape index (κ3) is 3.13. The topological polar surface area (TPSA) is 85.1 Å². The maximum atomic E-state index is 13.0. The fourth-order valence-electron chi connectivity index (χ4n) is 1.39. The van der Waals surface area contributed by atoms with Crippen LogP contribution in [0.25, 0.3) is 0 Å². The maximum Gasteiger partial charge on any atom is 0.281 e. The van der Waals surface area contributed by atoms with Gasteiger partial charge in [0.1, 0.15) is 5.82 Å². The molecule has 0 bridgehead atoms. The minimum Gasteiger partial charge on any atom is -0.396 e. The summed E-state index contributed by atoms with van der Waals surface area (Å²) < 4.78 is 39.9. The van der Waals surface area contributed by atoms with Crippen molar-refractivity contribution in [2.24, 2.45) is 0 Å². The highest BCUT2D eigenvalue weighted by molar-refractivity contribution is 14.1. The highest BCUT2D eigenvalue weighted by Crippen LogP contribution is 2.23. The van der Waals surface area contributed by atoms with E-state index in [1.54, 1.807) is 0 Å². The third-order valence-electron chi connectivity index (χ3n) is 2.23. The van der Waals surface area contributed by atoms with Crippen LogP contribution < -0.4 is 10.5 Å². The Morgan fingerprint density at radius 2 is 2.05 bits per heavy atom. The zero-order valence-electron chi connectivity index (χ0n) is 9.47. The van der Waals surface area contributed by atoms with E-state index in [1.807, 2.05) is 22.6 Å². The molecule has 0 radical (unpaired) electrons. The number of nitrogens with zero attached hydrogens (tertiary/aromatic N) is 1. The van der Waals surface area contributed by atoms with E-state index < -0.39 is 15.8 Å². The summed E-state index contributed by atoms with van der Waals surface area (Å²) in [5, 5.41) is -0.255. The van der Waals surface area contributed by atoms with Gasteiger partial charge in [0.25, 0.3) is 10.0 Å². The fraction of sp³-hybridized carbons (Fsp3) is 0. The number of nitrogen functional groups attached to an aromatic ring is 1. The number of rotatable bonds is 3. The molecule has 2 aromatic rings. The van der Waals surface area contributed by atoms with E-state index >= 15 is 0 Å². The SMILES string of the molecule is Nc1cccnc1S(=O)(=O)Nc1ccc(F)cc1I. The maximum absolute atomic E-state index is 13.0. The Balaban J connectivity index is 2.40. The van der Waals surface area contributed by atoms with Gasteiger partial charge in [0.15, 0.2) is 5.03 Å². The first-order valence-corrected chi connectivity index (χ1v) is 7.65. The summed E-state index contributed by atoms with van der Waals surface area (Å²) in [7, 11) is -3.89. The van der Waals surface area contributed by atoms with Gasteiger partial charge in [-0.25, -0.2) is 9.37 Å². The van der Waals surface area contributed by atoms with Gasteiger partial charge >= 0.3 is 0 Å². The van der Waals surface area contributed by atoms with Crippen molar-refractivity contribution in [1.29, 1.82) is 0 Å². The minimum absolute atomic E-state index is 0.0483. The monoisotopic (exact) mass is 393 g/mol. The number of anilines is 2. The van der Waals surface area contributed by atoms with Crippen LogP contribution in [0.3, 0.4) is 0 Å². The van der Waals surface area contributed by atoms with E-state index in [1.165, 1.54) is 36.5 Å². The summed E-state index contributed by atoms with van der Waals surface area (Å²) in [5.74, 6) is -0.440. The molecule has 0 aliphatic rings. The second kappa shape index (κ2) is 5.29. The van der Waals surface area contributed by atoms with E-state index in [0.717, 1.165) is 0 Å². The Hall–Kier alpha value is -1.42. The molecule has 19 heavy (non-hydrogen) atoms. The molecule has 0 fully saturated rings. The van der Waals surface area contributed by atoms with Crippen LogP contribution >= 0.6 is 22.6 Å². The summed E-state index contributed by atoms with van der Waals surface area (Å²) in [6.45, 7) is 0. The van der Waals surface area contributed by atoms with Gasteiger partial charge in [-0.3, -0.25) is 4.72 Å². The van der Waals surface area contributed by atoms with Gasteiger partial charge in [-0.2, -0.15) is 8.42 Å². The predicted octanol–water partition coefficient (Wildman–Crippen LogP) is 2.21. The minimum atomic E-state index is -3.89. The van der Waals surface area contributed by atoms with Gasteiger partial charge in [-0.15, -0.1) is 0 Å². The van der Waals surface area contributed by atoms with Crippen LogP contribution in [0.15, 0.2) is 41.6 Å². The lowest BCUT2D eigenvalue weighted by Crippen LogP contribution is -2.17. The molecule has 0 saturated carbocycles. The molecule has 2 rings (SSSR count). The lowest BCUT2D eigenvalue weighted by molar-refractivity contribution is 0.598. The van der Waals surface area contributed by atoms with Crippen molar-refractivity contribution in [3.05, 3.63) is 45.9 Å². The molecule has 0 aliphatic heterocycles. The summed E-state index contributed by atoms with van der Waals surface area (Å²) in [6.07, 6.45) is 1.33. The normalized spacial score (nSPS) is 11.3. The van der Waals surface area contributed by atoms with Crippen LogP contribution in [0.5, 0.6) is 0 Å². The van der Waals surface area contributed by atoms with Gasteiger partial charge in [-0.1, -0.05) is 0 Å². The van der Waals surface area contributed by atoms with Gasteiger partial charge in [0, 0.05) is 9.77 Å². The van der Waals surface area contributed by atoms with Crippen molar-refractivity contribution in [1.82, 2.24) is 4.98 Å². The first-order chi connectivity index (χ1) is 8.90. The van der Waals surface area contributed by atoms with Crippen LogP contribution in [0.4, 0.5) is 15.8 Å². The molecule has 0 saturated heterocycles. The number of nitrogens with one attached hydrogen (secondary N) is 1. The molecule has 5 nitrogen and oxygen atoms in total. The smallest absolute Gasteiger partial charge is 0.281 e. The van der Waals surface area contributed by atoms with Crippen molar-refractivity contribution >= 4 is 44.0 Å². The van der Waals surface area contributed by atoms with Crippen molar-refractivity contribution in [2.75, 3.05) is 10.5 Å². The standard InChI is InChI=1S/C11H9FIN3O2S/c12-7-3-4-10(8(13)6-7)16-19(17,18)11-9(14)2-1-5-15-11/h1-6,16H,14H2. The molecule has 3 N–H and O–H groups in total. The number of hydrogen-bond donors (Lipinski definition) is 2. The number of nitrogens with two attached hydrogens (primary N) is 1. The molecule has 0 amide bonds. The van der Waals surface area contributed by atoms with Gasteiger partial charge < -0.3 is 5.73 Å². The molecule has 0 spiro atoms. The Bertz CT molecular complexity index is 722. The molecule has 1 aromatic carbocycles. The summed E-state index contributed by atoms with van der Waals surface area (Å²) in [5.41, 5.74) is 5.90. The van der Waals surface area contributed by atoms with Crippen molar-refractivity contribution in [3.8, 4) is 0 Å². The molecule has 0 atom stereocenters. The average Bonchev–Trinajstić information content (AvgIpc) is 2.33. The average molecular weight is 393 g/mol. The zero-order chi connectivity index (χ0) is 14.0. The Kier molecular flexibility index (Phi) is 3.90. The first kappa shape index (κ1) is 14.0. The lowest BCUT2D eigenvalue weighted by atomic mass is 10.3. The zero-order valence-corrected chi connectivity index (χ0v) is 12.4. The van der Waals surface area contributed by atoms with E-state index in [9.17, 15) is 12.8 Å². The highest BCUT2D eigenvalue weighted by atomic mass is 127. The Morgan fingerprint density at radius 3 is 2.68 bits per heavy atom. The second-order valence-electron chi connectivity index (χ2n) is 3.63. The molecule has 100 valence electrons. The first-order valence-electron chi connectivity index (χ1n) is 5.08. The number of halogens is 2. The summed E-state index contributed by atoms with van der Waals surface area (Å²) in [4.78, 5) is 3.74. The third-order valence-corrected chi connectivity index (χ3v) is 4.46. The number of aromatic nitrogens is 1. The van der Waals surface area contributed by atoms with Crippen LogP contribution in [0, 0.1) is 9.39 Å². The molecule has 0 aliphatic carbocycles. The molecule has 1 aromatic heterocycles. The number of pyridine rings is 1.